The van der Waals surface area contributed by atoms with E-state index in [1.54, 1.807) is 0 Å². The quantitative estimate of drug-likeness (QED) is 0.476. The normalized spacial score (nSPS) is 39.5. The fraction of sp³-hybridized carbons (Fsp3) is 1.00. The highest BCUT2D eigenvalue weighted by atomic mass is 16.5. The molecule has 1 saturated carbocycles. The van der Waals surface area contributed by atoms with Crippen molar-refractivity contribution >= 4 is 0 Å². The molecule has 3 atom stereocenters. The Labute approximate surface area is 66.7 Å². The molecule has 1 aliphatic rings. The predicted octanol–water partition coefficient (Wildman–Crippen LogP) is 0.0942. The summed E-state index contributed by atoms with van der Waals surface area (Å²) in [6.45, 7) is 1.87. The van der Waals surface area contributed by atoms with Gasteiger partial charge in [0.2, 0.25) is 0 Å². The summed E-state index contributed by atoms with van der Waals surface area (Å²) in [7, 11) is 0. The van der Waals surface area contributed by atoms with Crippen LogP contribution in [-0.2, 0) is 0 Å². The highest BCUT2D eigenvalue weighted by Crippen LogP contribution is 2.31. The topological polar surface area (TPSA) is 60.7 Å². The Balaban J connectivity index is 2.51. The van der Waals surface area contributed by atoms with Crippen LogP contribution >= 0.6 is 0 Å². The van der Waals surface area contributed by atoms with Crippen molar-refractivity contribution in [2.24, 2.45) is 11.8 Å². The van der Waals surface area contributed by atoms with Crippen molar-refractivity contribution in [3.05, 3.63) is 0 Å². The molecule has 0 aromatic heterocycles. The van der Waals surface area contributed by atoms with Crippen molar-refractivity contribution < 1.29 is 15.3 Å². The molecule has 0 radical (unpaired) electrons. The zero-order valence-electron chi connectivity index (χ0n) is 6.77. The van der Waals surface area contributed by atoms with E-state index in [2.05, 4.69) is 0 Å². The smallest absolute Gasteiger partial charge is 0.154 e. The van der Waals surface area contributed by atoms with E-state index < -0.39 is 6.29 Å². The molecule has 0 spiro atoms. The molecule has 0 aliphatic heterocycles. The first-order valence-corrected chi connectivity index (χ1v) is 4.17. The first kappa shape index (κ1) is 8.97. The second kappa shape index (κ2) is 3.52. The summed E-state index contributed by atoms with van der Waals surface area (Å²) in [5.41, 5.74) is 0. The van der Waals surface area contributed by atoms with Gasteiger partial charge in [-0.15, -0.1) is 0 Å². The molecule has 1 aliphatic carbocycles. The molecular weight excluding hydrogens is 144 g/mol. The van der Waals surface area contributed by atoms with Crippen LogP contribution < -0.4 is 0 Å². The molecule has 0 aromatic rings. The molecule has 11 heavy (non-hydrogen) atoms. The zero-order chi connectivity index (χ0) is 8.43. The van der Waals surface area contributed by atoms with Gasteiger partial charge < -0.3 is 15.3 Å². The van der Waals surface area contributed by atoms with Crippen molar-refractivity contribution in [3.63, 3.8) is 0 Å². The predicted molar refractivity (Wildman–Crippen MR) is 40.7 cm³/mol. The minimum atomic E-state index is -1.26. The van der Waals surface area contributed by atoms with Crippen LogP contribution in [-0.4, -0.2) is 27.7 Å². The Bertz CT molecular complexity index is 125. The van der Waals surface area contributed by atoms with Gasteiger partial charge >= 0.3 is 0 Å². The first-order valence-electron chi connectivity index (χ1n) is 4.17. The van der Waals surface area contributed by atoms with E-state index in [0.717, 1.165) is 19.3 Å². The number of hydrogen-bond donors (Lipinski definition) is 3. The van der Waals surface area contributed by atoms with Gasteiger partial charge in [-0.1, -0.05) is 13.3 Å². The fourth-order valence-corrected chi connectivity index (χ4v) is 1.79. The van der Waals surface area contributed by atoms with Crippen molar-refractivity contribution in [3.8, 4) is 0 Å². The van der Waals surface area contributed by atoms with Crippen molar-refractivity contribution in [2.45, 2.75) is 38.6 Å². The molecule has 3 unspecified atom stereocenters. The first-order chi connectivity index (χ1) is 5.13. The average Bonchev–Trinajstić information content (AvgIpc) is 1.94. The fourth-order valence-electron chi connectivity index (χ4n) is 1.79. The Hall–Kier alpha value is -0.120. The molecule has 1 fully saturated rings. The average molecular weight is 160 g/mol. The zero-order valence-corrected chi connectivity index (χ0v) is 6.77. The van der Waals surface area contributed by atoms with Crippen LogP contribution in [0.3, 0.4) is 0 Å². The summed E-state index contributed by atoms with van der Waals surface area (Å²) in [4.78, 5) is 0. The lowest BCUT2D eigenvalue weighted by molar-refractivity contribution is -0.126. The third-order valence-corrected chi connectivity index (χ3v) is 2.70. The summed E-state index contributed by atoms with van der Waals surface area (Å²) >= 11 is 0. The van der Waals surface area contributed by atoms with Crippen LogP contribution in [0.4, 0.5) is 0 Å². The van der Waals surface area contributed by atoms with Crippen molar-refractivity contribution in [1.82, 2.24) is 0 Å². The summed E-state index contributed by atoms with van der Waals surface area (Å²) in [5.74, 6) is -0.123. The van der Waals surface area contributed by atoms with Gasteiger partial charge in [-0.3, -0.25) is 0 Å². The summed E-state index contributed by atoms with van der Waals surface area (Å²) in [5, 5.41) is 27.2. The minimum Gasteiger partial charge on any atom is -0.393 e. The summed E-state index contributed by atoms with van der Waals surface area (Å²) in [6.07, 6.45) is 0.893. The number of rotatable bonds is 1. The highest BCUT2D eigenvalue weighted by Gasteiger charge is 2.32. The monoisotopic (exact) mass is 160 g/mol. The van der Waals surface area contributed by atoms with Crippen LogP contribution in [0.5, 0.6) is 0 Å². The van der Waals surface area contributed by atoms with Crippen LogP contribution in [0.2, 0.25) is 0 Å². The summed E-state index contributed by atoms with van der Waals surface area (Å²) in [6, 6.07) is 0. The third-order valence-electron chi connectivity index (χ3n) is 2.70. The van der Waals surface area contributed by atoms with Crippen molar-refractivity contribution in [2.75, 3.05) is 0 Å². The Kier molecular flexibility index (Phi) is 2.87. The highest BCUT2D eigenvalue weighted by molar-refractivity contribution is 4.79. The molecule has 0 amide bonds. The maximum absolute atomic E-state index is 9.37. The van der Waals surface area contributed by atoms with Gasteiger partial charge in [0.15, 0.2) is 6.29 Å². The second-order valence-electron chi connectivity index (χ2n) is 3.43. The third kappa shape index (κ3) is 1.92. The maximum Gasteiger partial charge on any atom is 0.154 e. The standard InChI is InChI=1S/C8H16O3/c1-5-6(8(10)11)3-2-4-7(5)9/h5-11H,2-4H2,1H3. The van der Waals surface area contributed by atoms with E-state index in [9.17, 15) is 5.11 Å². The van der Waals surface area contributed by atoms with Gasteiger partial charge in [-0.05, 0) is 18.8 Å². The van der Waals surface area contributed by atoms with Crippen LogP contribution in [0, 0.1) is 11.8 Å². The van der Waals surface area contributed by atoms with Crippen molar-refractivity contribution in [1.29, 1.82) is 0 Å². The molecule has 1 rings (SSSR count). The van der Waals surface area contributed by atoms with E-state index in [1.807, 2.05) is 6.92 Å². The SMILES string of the molecule is CC1C(O)CCCC1C(O)O. The van der Waals surface area contributed by atoms with E-state index >= 15 is 0 Å². The van der Waals surface area contributed by atoms with Crippen LogP contribution in [0.25, 0.3) is 0 Å². The van der Waals surface area contributed by atoms with Gasteiger partial charge in [0, 0.05) is 5.92 Å². The minimum absolute atomic E-state index is 0.0174. The molecule has 0 heterocycles. The molecular formula is C8H16O3. The number of hydrogen-bond acceptors (Lipinski definition) is 3. The van der Waals surface area contributed by atoms with Gasteiger partial charge in [0.25, 0.3) is 0 Å². The van der Waals surface area contributed by atoms with Gasteiger partial charge in [0.1, 0.15) is 0 Å². The second-order valence-corrected chi connectivity index (χ2v) is 3.43. The lowest BCUT2D eigenvalue weighted by Crippen LogP contribution is -2.36. The number of aliphatic hydroxyl groups excluding tert-OH is 2. The van der Waals surface area contributed by atoms with Gasteiger partial charge in [0.05, 0.1) is 6.10 Å². The van der Waals surface area contributed by atoms with E-state index in [1.165, 1.54) is 0 Å². The van der Waals surface area contributed by atoms with Gasteiger partial charge in [-0.25, -0.2) is 0 Å². The van der Waals surface area contributed by atoms with Crippen LogP contribution in [0.1, 0.15) is 26.2 Å². The Morgan fingerprint density at radius 2 is 1.91 bits per heavy atom. The Morgan fingerprint density at radius 3 is 2.36 bits per heavy atom. The lowest BCUT2D eigenvalue weighted by atomic mass is 9.78. The molecule has 0 bridgehead atoms. The number of aliphatic hydroxyl groups is 3. The molecule has 3 N–H and O–H groups in total. The molecule has 3 heteroatoms. The largest absolute Gasteiger partial charge is 0.393 e. The van der Waals surface area contributed by atoms with E-state index in [4.69, 9.17) is 10.2 Å². The molecule has 3 nitrogen and oxygen atoms in total. The lowest BCUT2D eigenvalue weighted by Gasteiger charge is -2.33. The molecule has 66 valence electrons. The molecule has 0 aromatic carbocycles. The maximum atomic E-state index is 9.37. The van der Waals surface area contributed by atoms with Gasteiger partial charge in [-0.2, -0.15) is 0 Å². The summed E-state index contributed by atoms with van der Waals surface area (Å²) < 4.78 is 0. The molecule has 0 saturated heterocycles. The van der Waals surface area contributed by atoms with E-state index in [-0.39, 0.29) is 17.9 Å². The Morgan fingerprint density at radius 1 is 1.27 bits per heavy atom. The van der Waals surface area contributed by atoms with E-state index in [0.29, 0.717) is 0 Å². The van der Waals surface area contributed by atoms with Crippen LogP contribution in [0.15, 0.2) is 0 Å².